The SMILES string of the molecule is C=CCNC(=O)N1CCc2nccc(C(=O)O)c2C1. The third kappa shape index (κ3) is 2.73. The van der Waals surface area contributed by atoms with Crippen LogP contribution in [0.1, 0.15) is 21.6 Å². The molecule has 0 bridgehead atoms. The molecule has 2 rings (SSSR count). The molecule has 1 aromatic rings. The summed E-state index contributed by atoms with van der Waals surface area (Å²) in [5, 5.41) is 11.8. The molecule has 6 heteroatoms. The van der Waals surface area contributed by atoms with Gasteiger partial charge in [-0.1, -0.05) is 6.08 Å². The van der Waals surface area contributed by atoms with Crippen molar-refractivity contribution in [1.29, 1.82) is 0 Å². The van der Waals surface area contributed by atoms with Gasteiger partial charge in [-0.2, -0.15) is 0 Å². The second-order valence-electron chi connectivity index (χ2n) is 4.24. The number of carboxylic acid groups (broad SMARTS) is 1. The molecule has 100 valence electrons. The Hall–Kier alpha value is -2.37. The smallest absolute Gasteiger partial charge is 0.336 e. The lowest BCUT2D eigenvalue weighted by molar-refractivity contribution is 0.0693. The van der Waals surface area contributed by atoms with Crippen LogP contribution in [0, 0.1) is 0 Å². The zero-order chi connectivity index (χ0) is 13.8. The predicted molar refractivity (Wildman–Crippen MR) is 68.9 cm³/mol. The van der Waals surface area contributed by atoms with E-state index in [1.807, 2.05) is 0 Å². The largest absolute Gasteiger partial charge is 0.478 e. The number of fused-ring (bicyclic) bond motifs is 1. The van der Waals surface area contributed by atoms with Crippen molar-refractivity contribution < 1.29 is 14.7 Å². The summed E-state index contributed by atoms with van der Waals surface area (Å²) in [5.41, 5.74) is 1.59. The van der Waals surface area contributed by atoms with Crippen LogP contribution in [0.15, 0.2) is 24.9 Å². The van der Waals surface area contributed by atoms with Crippen molar-refractivity contribution in [2.45, 2.75) is 13.0 Å². The zero-order valence-electron chi connectivity index (χ0n) is 10.4. The van der Waals surface area contributed by atoms with Gasteiger partial charge in [-0.15, -0.1) is 6.58 Å². The maximum atomic E-state index is 11.8. The zero-order valence-corrected chi connectivity index (χ0v) is 10.4. The number of hydrogen-bond donors (Lipinski definition) is 2. The number of pyridine rings is 1. The van der Waals surface area contributed by atoms with E-state index in [-0.39, 0.29) is 18.1 Å². The number of carboxylic acids is 1. The van der Waals surface area contributed by atoms with Crippen LogP contribution in [-0.4, -0.2) is 40.1 Å². The van der Waals surface area contributed by atoms with Gasteiger partial charge in [-0.05, 0) is 6.07 Å². The van der Waals surface area contributed by atoms with Crippen molar-refractivity contribution in [3.63, 3.8) is 0 Å². The first-order valence-electron chi connectivity index (χ1n) is 5.97. The highest BCUT2D eigenvalue weighted by Crippen LogP contribution is 2.20. The van der Waals surface area contributed by atoms with Crippen LogP contribution in [0.4, 0.5) is 4.79 Å². The second-order valence-corrected chi connectivity index (χ2v) is 4.24. The van der Waals surface area contributed by atoms with Crippen molar-refractivity contribution in [3.8, 4) is 0 Å². The maximum Gasteiger partial charge on any atom is 0.336 e. The van der Waals surface area contributed by atoms with Gasteiger partial charge in [0.25, 0.3) is 0 Å². The Balaban J connectivity index is 2.20. The van der Waals surface area contributed by atoms with E-state index in [1.165, 1.54) is 12.3 Å². The van der Waals surface area contributed by atoms with Gasteiger partial charge in [0.1, 0.15) is 0 Å². The minimum absolute atomic E-state index is 0.214. The van der Waals surface area contributed by atoms with Crippen LogP contribution in [0.2, 0.25) is 0 Å². The number of carbonyl (C=O) groups is 2. The lowest BCUT2D eigenvalue weighted by Gasteiger charge is -2.29. The Morgan fingerprint density at radius 3 is 3.05 bits per heavy atom. The molecule has 1 aliphatic rings. The third-order valence-electron chi connectivity index (χ3n) is 3.03. The molecule has 2 heterocycles. The molecule has 19 heavy (non-hydrogen) atoms. The Kier molecular flexibility index (Phi) is 3.79. The van der Waals surface area contributed by atoms with Crippen LogP contribution in [0.5, 0.6) is 0 Å². The molecule has 0 aliphatic carbocycles. The number of rotatable bonds is 3. The average molecular weight is 261 g/mol. The lowest BCUT2D eigenvalue weighted by Crippen LogP contribution is -2.43. The van der Waals surface area contributed by atoms with E-state index in [1.54, 1.807) is 11.0 Å². The fraction of sp³-hybridized carbons (Fsp3) is 0.308. The summed E-state index contributed by atoms with van der Waals surface area (Å²) in [5.74, 6) is -0.994. The highest BCUT2D eigenvalue weighted by Gasteiger charge is 2.25. The summed E-state index contributed by atoms with van der Waals surface area (Å²) in [4.78, 5) is 28.8. The number of aromatic carboxylic acids is 1. The van der Waals surface area contributed by atoms with Gasteiger partial charge in [0.15, 0.2) is 0 Å². The van der Waals surface area contributed by atoms with Crippen molar-refractivity contribution in [1.82, 2.24) is 15.2 Å². The van der Waals surface area contributed by atoms with Crippen LogP contribution in [0.25, 0.3) is 0 Å². The van der Waals surface area contributed by atoms with Gasteiger partial charge < -0.3 is 15.3 Å². The molecule has 0 saturated heterocycles. The number of hydrogen-bond acceptors (Lipinski definition) is 3. The molecule has 2 amide bonds. The number of amides is 2. The Labute approximate surface area is 110 Å². The summed E-state index contributed by atoms with van der Waals surface area (Å²) in [6, 6.07) is 1.25. The van der Waals surface area contributed by atoms with E-state index < -0.39 is 5.97 Å². The third-order valence-corrected chi connectivity index (χ3v) is 3.03. The summed E-state index contributed by atoms with van der Waals surface area (Å²) >= 11 is 0. The van der Waals surface area contributed by atoms with Crippen molar-refractivity contribution in [2.24, 2.45) is 0 Å². The fourth-order valence-electron chi connectivity index (χ4n) is 2.08. The minimum atomic E-state index is -0.994. The molecular weight excluding hydrogens is 246 g/mol. The Bertz CT molecular complexity index is 528. The van der Waals surface area contributed by atoms with Crippen LogP contribution >= 0.6 is 0 Å². The minimum Gasteiger partial charge on any atom is -0.478 e. The lowest BCUT2D eigenvalue weighted by atomic mass is 10.0. The van der Waals surface area contributed by atoms with Crippen LogP contribution in [-0.2, 0) is 13.0 Å². The number of carbonyl (C=O) groups excluding carboxylic acids is 1. The molecule has 0 radical (unpaired) electrons. The molecule has 0 fully saturated rings. The molecule has 1 aromatic heterocycles. The van der Waals surface area contributed by atoms with Gasteiger partial charge in [-0.3, -0.25) is 4.98 Å². The van der Waals surface area contributed by atoms with Crippen LogP contribution in [0.3, 0.4) is 0 Å². The summed E-state index contributed by atoms with van der Waals surface area (Å²) < 4.78 is 0. The van der Waals surface area contributed by atoms with Gasteiger partial charge in [0, 0.05) is 37.0 Å². The maximum absolute atomic E-state index is 11.8. The number of nitrogens with one attached hydrogen (secondary N) is 1. The second kappa shape index (κ2) is 5.51. The van der Waals surface area contributed by atoms with Crippen molar-refractivity contribution in [3.05, 3.63) is 41.7 Å². The highest BCUT2D eigenvalue weighted by molar-refractivity contribution is 5.89. The monoisotopic (exact) mass is 261 g/mol. The molecule has 0 unspecified atom stereocenters. The normalized spacial score (nSPS) is 13.6. The van der Waals surface area contributed by atoms with Gasteiger partial charge >= 0.3 is 12.0 Å². The van der Waals surface area contributed by atoms with Crippen molar-refractivity contribution in [2.75, 3.05) is 13.1 Å². The van der Waals surface area contributed by atoms with E-state index in [4.69, 9.17) is 5.11 Å². The molecule has 0 saturated carbocycles. The standard InChI is InChI=1S/C13H15N3O3/c1-2-5-15-13(19)16-7-4-11-10(8-16)9(12(17)18)3-6-14-11/h2-3,6H,1,4-5,7-8H2,(H,15,19)(H,17,18). The summed E-state index contributed by atoms with van der Waals surface area (Å²) in [7, 11) is 0. The van der Waals surface area contributed by atoms with E-state index in [0.717, 1.165) is 5.69 Å². The van der Waals surface area contributed by atoms with Gasteiger partial charge in [-0.25, -0.2) is 9.59 Å². The van der Waals surface area contributed by atoms with Crippen LogP contribution < -0.4 is 5.32 Å². The van der Waals surface area contributed by atoms with E-state index in [0.29, 0.717) is 25.1 Å². The highest BCUT2D eigenvalue weighted by atomic mass is 16.4. The molecule has 0 atom stereocenters. The molecule has 2 N–H and O–H groups in total. The first-order valence-corrected chi connectivity index (χ1v) is 5.97. The molecule has 6 nitrogen and oxygen atoms in total. The van der Waals surface area contributed by atoms with E-state index in [2.05, 4.69) is 16.9 Å². The number of aromatic nitrogens is 1. The van der Waals surface area contributed by atoms with Gasteiger partial charge in [0.05, 0.1) is 12.1 Å². The fourth-order valence-corrected chi connectivity index (χ4v) is 2.08. The van der Waals surface area contributed by atoms with E-state index in [9.17, 15) is 9.59 Å². The predicted octanol–water partition coefficient (Wildman–Crippen LogP) is 1.03. The molecule has 0 spiro atoms. The average Bonchev–Trinajstić information content (AvgIpc) is 2.43. The van der Waals surface area contributed by atoms with Crippen molar-refractivity contribution >= 4 is 12.0 Å². The molecule has 1 aliphatic heterocycles. The first kappa shape index (κ1) is 13.1. The topological polar surface area (TPSA) is 82.5 Å². The van der Waals surface area contributed by atoms with E-state index >= 15 is 0 Å². The Morgan fingerprint density at radius 1 is 1.58 bits per heavy atom. The first-order chi connectivity index (χ1) is 9.13. The summed E-state index contributed by atoms with van der Waals surface area (Å²) in [6.45, 7) is 4.73. The molecular formula is C13H15N3O3. The summed E-state index contributed by atoms with van der Waals surface area (Å²) in [6.07, 6.45) is 3.66. The quantitative estimate of drug-likeness (QED) is 0.796. The Morgan fingerprint density at radius 2 is 2.37 bits per heavy atom. The number of nitrogens with zero attached hydrogens (tertiary/aromatic N) is 2. The van der Waals surface area contributed by atoms with Gasteiger partial charge in [0.2, 0.25) is 0 Å². The molecule has 0 aromatic carbocycles. The number of urea groups is 1.